The molecule has 0 aliphatic carbocycles. The first-order valence-electron chi connectivity index (χ1n) is 9.39. The van der Waals surface area contributed by atoms with Gasteiger partial charge in [-0.3, -0.25) is 0 Å². The van der Waals surface area contributed by atoms with Gasteiger partial charge < -0.3 is 15.5 Å². The Balaban J connectivity index is 1.69. The molecule has 0 saturated carbocycles. The van der Waals surface area contributed by atoms with E-state index in [1.165, 1.54) is 37.5 Å². The molecule has 2 heterocycles. The molecule has 24 heavy (non-hydrogen) atoms. The number of nitrogens with one attached hydrogen (secondary N) is 2. The Morgan fingerprint density at radius 3 is 2.79 bits per heavy atom. The van der Waals surface area contributed by atoms with Gasteiger partial charge in [0.15, 0.2) is 5.96 Å². The molecule has 2 rings (SSSR count). The molecule has 0 aromatic carbocycles. The highest BCUT2D eigenvalue weighted by atomic mass is 32.1. The Morgan fingerprint density at radius 1 is 1.33 bits per heavy atom. The molecule has 6 heteroatoms. The van der Waals surface area contributed by atoms with E-state index in [4.69, 9.17) is 0 Å². The van der Waals surface area contributed by atoms with Gasteiger partial charge in [0.1, 0.15) is 0 Å². The molecule has 0 bridgehead atoms. The number of guanidine groups is 1. The van der Waals surface area contributed by atoms with Crippen molar-refractivity contribution in [3.8, 4) is 0 Å². The normalized spacial score (nSPS) is 17.2. The fourth-order valence-corrected chi connectivity index (χ4v) is 3.62. The van der Waals surface area contributed by atoms with Crippen molar-refractivity contribution in [1.82, 2.24) is 20.5 Å². The predicted octanol–water partition coefficient (Wildman–Crippen LogP) is 2.88. The molecule has 0 unspecified atom stereocenters. The number of hydrogen-bond acceptors (Lipinski definition) is 4. The number of hydrogen-bond donors (Lipinski definition) is 2. The van der Waals surface area contributed by atoms with Crippen LogP contribution in [0.3, 0.4) is 0 Å². The summed E-state index contributed by atoms with van der Waals surface area (Å²) in [7, 11) is 0. The molecule has 0 spiro atoms. The second-order valence-electron chi connectivity index (χ2n) is 6.59. The summed E-state index contributed by atoms with van der Waals surface area (Å²) in [4.78, 5) is 11.8. The van der Waals surface area contributed by atoms with Crippen molar-refractivity contribution in [3.63, 3.8) is 0 Å². The Morgan fingerprint density at radius 2 is 2.12 bits per heavy atom. The first-order valence-corrected chi connectivity index (χ1v) is 10.3. The Hall–Kier alpha value is -1.14. The summed E-state index contributed by atoms with van der Waals surface area (Å²) < 4.78 is 0. The summed E-state index contributed by atoms with van der Waals surface area (Å²) in [5, 5.41) is 10.1. The Kier molecular flexibility index (Phi) is 8.53. The second kappa shape index (κ2) is 10.7. The smallest absolute Gasteiger partial charge is 0.191 e. The van der Waals surface area contributed by atoms with E-state index >= 15 is 0 Å². The number of thiazole rings is 1. The molecule has 0 radical (unpaired) electrons. The summed E-state index contributed by atoms with van der Waals surface area (Å²) in [6.45, 7) is 12.8. The lowest BCUT2D eigenvalue weighted by molar-refractivity contribution is 0.191. The Bertz CT molecular complexity index is 491. The van der Waals surface area contributed by atoms with Crippen LogP contribution in [0.25, 0.3) is 0 Å². The van der Waals surface area contributed by atoms with Gasteiger partial charge in [-0.1, -0.05) is 13.8 Å². The number of aryl methyl sites for hydroxylation is 1. The van der Waals surface area contributed by atoms with Crippen LogP contribution in [0.2, 0.25) is 0 Å². The third-order valence-electron chi connectivity index (χ3n) is 4.46. The van der Waals surface area contributed by atoms with E-state index < -0.39 is 0 Å². The highest BCUT2D eigenvalue weighted by Gasteiger charge is 2.14. The van der Waals surface area contributed by atoms with Gasteiger partial charge in [0, 0.05) is 18.5 Å². The van der Waals surface area contributed by atoms with Crippen LogP contribution in [-0.2, 0) is 13.0 Å². The third kappa shape index (κ3) is 6.77. The van der Waals surface area contributed by atoms with Gasteiger partial charge in [-0.05, 0) is 58.2 Å². The van der Waals surface area contributed by atoms with E-state index in [0.717, 1.165) is 43.5 Å². The Labute approximate surface area is 151 Å². The summed E-state index contributed by atoms with van der Waals surface area (Å²) >= 11 is 1.73. The number of rotatable bonds is 8. The highest BCUT2D eigenvalue weighted by molar-refractivity contribution is 7.09. The van der Waals surface area contributed by atoms with E-state index in [9.17, 15) is 0 Å². The number of piperidine rings is 1. The molecular weight excluding hydrogens is 318 g/mol. The van der Waals surface area contributed by atoms with Gasteiger partial charge in [0.05, 0.1) is 17.2 Å². The molecule has 1 saturated heterocycles. The lowest BCUT2D eigenvalue weighted by atomic mass is 9.99. The number of nitrogens with zero attached hydrogens (tertiary/aromatic N) is 3. The van der Waals surface area contributed by atoms with Gasteiger partial charge in [0.25, 0.3) is 0 Å². The van der Waals surface area contributed by atoms with E-state index in [2.05, 4.69) is 51.7 Å². The van der Waals surface area contributed by atoms with Crippen LogP contribution < -0.4 is 10.6 Å². The first-order chi connectivity index (χ1) is 11.7. The van der Waals surface area contributed by atoms with Crippen molar-refractivity contribution in [2.24, 2.45) is 10.9 Å². The maximum atomic E-state index is 4.65. The molecule has 1 fully saturated rings. The average molecular weight is 352 g/mol. The minimum Gasteiger partial charge on any atom is -0.357 e. The van der Waals surface area contributed by atoms with Gasteiger partial charge in [0.2, 0.25) is 0 Å². The molecule has 0 atom stereocenters. The van der Waals surface area contributed by atoms with E-state index in [1.807, 2.05) is 0 Å². The zero-order valence-corrected chi connectivity index (χ0v) is 16.3. The average Bonchev–Trinajstić information content (AvgIpc) is 3.06. The monoisotopic (exact) mass is 351 g/mol. The fourth-order valence-electron chi connectivity index (χ4n) is 2.88. The van der Waals surface area contributed by atoms with Crippen molar-refractivity contribution >= 4 is 17.3 Å². The maximum absolute atomic E-state index is 4.65. The first kappa shape index (κ1) is 19.2. The van der Waals surface area contributed by atoms with Gasteiger partial charge in [-0.2, -0.15) is 0 Å². The van der Waals surface area contributed by atoms with Crippen LogP contribution in [0.1, 0.15) is 50.7 Å². The van der Waals surface area contributed by atoms with Crippen LogP contribution in [0.4, 0.5) is 0 Å². The van der Waals surface area contributed by atoms with Crippen molar-refractivity contribution < 1.29 is 0 Å². The number of aliphatic imine (C=N–C) groups is 1. The topological polar surface area (TPSA) is 52.6 Å². The SMILES string of the molecule is CCNC(=NCc1csc(CC)n1)NCCCN1CCC(C)CC1. The largest absolute Gasteiger partial charge is 0.357 e. The minimum absolute atomic E-state index is 0.649. The summed E-state index contributed by atoms with van der Waals surface area (Å²) in [6.07, 6.45) is 4.87. The molecular formula is C18H33N5S. The van der Waals surface area contributed by atoms with E-state index in [-0.39, 0.29) is 0 Å². The van der Waals surface area contributed by atoms with Crippen LogP contribution in [0, 0.1) is 5.92 Å². The lowest BCUT2D eigenvalue weighted by Gasteiger charge is -2.30. The van der Waals surface area contributed by atoms with Crippen LogP contribution in [0.5, 0.6) is 0 Å². The maximum Gasteiger partial charge on any atom is 0.191 e. The quantitative estimate of drug-likeness (QED) is 0.430. The zero-order valence-electron chi connectivity index (χ0n) is 15.5. The van der Waals surface area contributed by atoms with Crippen LogP contribution in [0.15, 0.2) is 10.4 Å². The van der Waals surface area contributed by atoms with Crippen molar-refractivity contribution in [2.75, 3.05) is 32.7 Å². The molecule has 1 aliphatic rings. The molecule has 2 N–H and O–H groups in total. The van der Waals surface area contributed by atoms with Gasteiger partial charge in [-0.15, -0.1) is 11.3 Å². The third-order valence-corrected chi connectivity index (χ3v) is 5.51. The highest BCUT2D eigenvalue weighted by Crippen LogP contribution is 2.15. The summed E-state index contributed by atoms with van der Waals surface area (Å²) in [5.41, 5.74) is 1.07. The van der Waals surface area contributed by atoms with E-state index in [1.54, 1.807) is 11.3 Å². The summed E-state index contributed by atoms with van der Waals surface area (Å²) in [6, 6.07) is 0. The molecule has 5 nitrogen and oxygen atoms in total. The predicted molar refractivity (Wildman–Crippen MR) is 104 cm³/mol. The molecule has 1 aromatic rings. The standard InChI is InChI=1S/C18H33N5S/c1-4-17-22-16(14-24-17)13-21-18(19-5-2)20-9-6-10-23-11-7-15(3)8-12-23/h14-15H,4-13H2,1-3H3,(H2,19,20,21). The van der Waals surface area contributed by atoms with Gasteiger partial charge >= 0.3 is 0 Å². The number of likely N-dealkylation sites (tertiary alicyclic amines) is 1. The molecule has 0 amide bonds. The lowest BCUT2D eigenvalue weighted by Crippen LogP contribution is -2.39. The van der Waals surface area contributed by atoms with Crippen LogP contribution in [-0.4, -0.2) is 48.6 Å². The van der Waals surface area contributed by atoms with Crippen molar-refractivity contribution in [1.29, 1.82) is 0 Å². The van der Waals surface area contributed by atoms with Crippen molar-refractivity contribution in [2.45, 2.75) is 53.0 Å². The van der Waals surface area contributed by atoms with Crippen LogP contribution >= 0.6 is 11.3 Å². The zero-order chi connectivity index (χ0) is 17.2. The molecule has 136 valence electrons. The number of aromatic nitrogens is 1. The van der Waals surface area contributed by atoms with E-state index in [0.29, 0.717) is 6.54 Å². The fraction of sp³-hybridized carbons (Fsp3) is 0.778. The van der Waals surface area contributed by atoms with Gasteiger partial charge in [-0.25, -0.2) is 9.98 Å². The molecule has 1 aliphatic heterocycles. The second-order valence-corrected chi connectivity index (χ2v) is 7.53. The van der Waals surface area contributed by atoms with Crippen molar-refractivity contribution in [3.05, 3.63) is 16.1 Å². The minimum atomic E-state index is 0.649. The molecule has 1 aromatic heterocycles. The summed E-state index contributed by atoms with van der Waals surface area (Å²) in [5.74, 6) is 1.81.